The van der Waals surface area contributed by atoms with Crippen molar-refractivity contribution in [3.63, 3.8) is 0 Å². The molecule has 2 spiro atoms. The summed E-state index contributed by atoms with van der Waals surface area (Å²) >= 11 is 3.75. The monoisotopic (exact) mass is 1670 g/mol. The SMILES string of the molecule is O=P1(c2ccccc2)c2ccccc2C2(c3ccccc3-n3c4ccccc4c4cccc2c43)c2ccc(-c3ccc(N(c4ccccc4)c4ccccc4)cc3)cc21.O=P1(c2ccccc2)c2ccccc2C2(c3ccccc3-n3c4ccccc4c4cccc2c43)c2ccc(Br)cc21.OB(O)c1ccc(N(c2ccccc2)c2ccccc2)cc1. The van der Waals surface area contributed by atoms with Gasteiger partial charge in [0.2, 0.25) is 0 Å². The van der Waals surface area contributed by atoms with Crippen LogP contribution in [-0.2, 0) is 20.0 Å². The van der Waals surface area contributed by atoms with Crippen molar-refractivity contribution in [3.05, 3.63) is 498 Å². The van der Waals surface area contributed by atoms with Crippen LogP contribution in [0.5, 0.6) is 0 Å². The zero-order chi connectivity index (χ0) is 81.8. The second kappa shape index (κ2) is 29.8. The predicted octanol–water partition coefficient (Wildman–Crippen LogP) is 23.6. The average Bonchev–Trinajstić information content (AvgIpc) is 1.19. The number of anilines is 6. The van der Waals surface area contributed by atoms with Gasteiger partial charge >= 0.3 is 7.12 Å². The van der Waals surface area contributed by atoms with Crippen LogP contribution in [0, 0.1) is 0 Å². The highest BCUT2D eigenvalue weighted by Crippen LogP contribution is 2.64. The number of rotatable bonds is 10. The molecule has 20 aromatic rings. The van der Waals surface area contributed by atoms with E-state index in [2.05, 4.69) is 344 Å². The first-order valence-electron chi connectivity index (χ1n) is 41.2. The number of aromatic nitrogens is 2. The van der Waals surface area contributed by atoms with Crippen molar-refractivity contribution in [2.45, 2.75) is 10.8 Å². The fraction of sp³-hybridized carbons (Fsp3) is 0.0182. The minimum atomic E-state index is -3.41. The molecule has 0 aliphatic carbocycles. The maximum absolute atomic E-state index is 16.7. The summed E-state index contributed by atoms with van der Waals surface area (Å²) in [6.07, 6.45) is 0. The van der Waals surface area contributed by atoms with Gasteiger partial charge in [-0.3, -0.25) is 0 Å². The lowest BCUT2D eigenvalue weighted by atomic mass is 9.62. The number of para-hydroxylation sites is 10. The summed E-state index contributed by atoms with van der Waals surface area (Å²) in [5.74, 6) is 0. The predicted molar refractivity (Wildman–Crippen MR) is 510 cm³/mol. The third-order valence-corrected chi connectivity index (χ3v) is 32.0. The highest BCUT2D eigenvalue weighted by Gasteiger charge is 2.57. The lowest BCUT2D eigenvalue weighted by molar-refractivity contribution is 0.426. The van der Waals surface area contributed by atoms with E-state index in [0.717, 1.165) is 115 Å². The van der Waals surface area contributed by atoms with Crippen molar-refractivity contribution < 1.29 is 19.2 Å². The Hall–Kier alpha value is -13.9. The summed E-state index contributed by atoms with van der Waals surface area (Å²) in [5, 5.41) is 28.7. The molecule has 4 aliphatic heterocycles. The molecule has 0 saturated heterocycles. The van der Waals surface area contributed by atoms with Crippen LogP contribution in [0.15, 0.2) is 453 Å². The quantitative estimate of drug-likeness (QED) is 0.105. The largest absolute Gasteiger partial charge is 0.488 e. The van der Waals surface area contributed by atoms with Gasteiger partial charge in [-0.05, 0) is 176 Å². The first-order chi connectivity index (χ1) is 60.1. The number of hydrogen-bond donors (Lipinski definition) is 2. The highest BCUT2D eigenvalue weighted by atomic mass is 79.9. The highest BCUT2D eigenvalue weighted by molar-refractivity contribution is 9.10. The Morgan fingerprint density at radius 1 is 0.262 bits per heavy atom. The molecule has 2 aromatic heterocycles. The second-order valence-corrected chi connectivity index (χ2v) is 37.8. The molecule has 0 saturated carbocycles. The Labute approximate surface area is 716 Å². The summed E-state index contributed by atoms with van der Waals surface area (Å²) in [6.45, 7) is 0. The Bertz CT molecular complexity index is 7510. The third-order valence-electron chi connectivity index (χ3n) is 25.2. The van der Waals surface area contributed by atoms with Crippen LogP contribution in [-0.4, -0.2) is 26.3 Å². The molecule has 0 fully saturated rings. The first-order valence-corrected chi connectivity index (χ1v) is 45.4. The van der Waals surface area contributed by atoms with E-state index in [4.69, 9.17) is 0 Å². The van der Waals surface area contributed by atoms with Crippen LogP contribution in [0.4, 0.5) is 34.1 Å². The lowest BCUT2D eigenvalue weighted by Gasteiger charge is -2.47. The van der Waals surface area contributed by atoms with E-state index >= 15 is 9.13 Å². The standard InChI is InChI=1S/C55H37N2OP.C37H23BrNOP.C18H16BNO2/c58-59(43-21-8-3-9-22-43)52-30-15-12-26-47(52)55(46-25-11-14-29-51(46)57-50-28-13-10-23-44(50)45-24-16-27-49(55)54(45)57)48-36-33-39(37-53(48)59)38-31-34-42(35-32-38)56(40-17-4-1-5-18-40)41-19-6-2-7-20-41;38-24-21-22-30-35(23-24)41(40,25-11-2-1-3-12-25)34-20-9-6-16-29(34)37(30)28-15-5-8-19-33(28)39-32-18-7-4-13-26(32)27-14-10-17-31(37)36(27)39;21-19(22)15-11-13-18(14-12-15)20(16-7-3-1-4-8-16)17-9-5-2-6-10-17/h1-37H;1-23H;1-14,21-22H. The Morgan fingerprint density at radius 3 is 1.00 bits per heavy atom. The molecule has 0 radical (unpaired) electrons. The van der Waals surface area contributed by atoms with Gasteiger partial charge in [-0.15, -0.1) is 0 Å². The summed E-state index contributed by atoms with van der Waals surface area (Å²) < 4.78 is 38.3. The molecule has 4 aliphatic rings. The van der Waals surface area contributed by atoms with Gasteiger partial charge in [-0.2, -0.15) is 0 Å². The second-order valence-electron chi connectivity index (χ2n) is 31.5. The van der Waals surface area contributed by atoms with Gasteiger partial charge in [0.05, 0.1) is 44.3 Å². The summed E-state index contributed by atoms with van der Waals surface area (Å²) in [6, 6.07) is 156. The van der Waals surface area contributed by atoms with Crippen LogP contribution in [0.3, 0.4) is 0 Å². The molecular formula is C110H76BBrN4O4P2. The summed E-state index contributed by atoms with van der Waals surface area (Å²) in [5.41, 5.74) is 23.8. The van der Waals surface area contributed by atoms with Crippen molar-refractivity contribution in [1.29, 1.82) is 0 Å². The van der Waals surface area contributed by atoms with Crippen LogP contribution in [0.1, 0.15) is 44.5 Å². The minimum Gasteiger partial charge on any atom is -0.423 e. The lowest BCUT2D eigenvalue weighted by Crippen LogP contribution is -2.48. The number of hydrogen-bond acceptors (Lipinski definition) is 6. The van der Waals surface area contributed by atoms with Crippen molar-refractivity contribution in [3.8, 4) is 22.5 Å². The van der Waals surface area contributed by atoms with E-state index in [1.165, 1.54) is 65.9 Å². The number of nitrogens with zero attached hydrogens (tertiary/aromatic N) is 4. The summed E-state index contributed by atoms with van der Waals surface area (Å²) in [4.78, 5) is 4.40. The Balaban J connectivity index is 0.000000122. The van der Waals surface area contributed by atoms with Gasteiger partial charge in [-0.25, -0.2) is 0 Å². The fourth-order valence-electron chi connectivity index (χ4n) is 20.3. The zero-order valence-corrected chi connectivity index (χ0v) is 69.4. The normalized spacial score (nSPS) is 17.0. The van der Waals surface area contributed by atoms with Gasteiger partial charge < -0.3 is 38.1 Å². The molecule has 8 nitrogen and oxygen atoms in total. The van der Waals surface area contributed by atoms with E-state index < -0.39 is 32.2 Å². The molecule has 122 heavy (non-hydrogen) atoms. The van der Waals surface area contributed by atoms with E-state index in [1.807, 2.05) is 127 Å². The number of halogens is 1. The van der Waals surface area contributed by atoms with E-state index in [9.17, 15) is 10.0 Å². The Morgan fingerprint density at radius 2 is 0.574 bits per heavy atom. The molecule has 12 heteroatoms. The molecule has 2 N–H and O–H groups in total. The number of fused-ring (bicyclic) bond motifs is 22. The van der Waals surface area contributed by atoms with E-state index in [0.29, 0.717) is 5.46 Å². The van der Waals surface area contributed by atoms with Crippen LogP contribution in [0.25, 0.3) is 66.1 Å². The molecular weight excluding hydrogens is 1590 g/mol. The van der Waals surface area contributed by atoms with Gasteiger partial charge in [0, 0.05) is 92.0 Å². The van der Waals surface area contributed by atoms with Gasteiger partial charge in [0.15, 0.2) is 14.3 Å². The van der Waals surface area contributed by atoms with Gasteiger partial charge in [-0.1, -0.05) is 350 Å². The first kappa shape index (κ1) is 74.4. The molecule has 4 atom stereocenters. The molecule has 18 aromatic carbocycles. The summed E-state index contributed by atoms with van der Waals surface area (Å²) in [7, 11) is -8.06. The van der Waals surface area contributed by atoms with Crippen molar-refractivity contribution >= 4 is 152 Å². The van der Waals surface area contributed by atoms with Crippen LogP contribution >= 0.6 is 30.2 Å². The van der Waals surface area contributed by atoms with Crippen LogP contribution < -0.4 is 47.1 Å². The topological polar surface area (TPSA) is 90.9 Å². The molecule has 0 bridgehead atoms. The number of benzene rings is 18. The van der Waals surface area contributed by atoms with Crippen LogP contribution in [0.2, 0.25) is 0 Å². The maximum atomic E-state index is 16.7. The molecule has 24 rings (SSSR count). The Kier molecular flexibility index (Phi) is 18.2. The molecule has 4 unspecified atom stereocenters. The van der Waals surface area contributed by atoms with E-state index in [-0.39, 0.29) is 0 Å². The molecule has 6 heterocycles. The van der Waals surface area contributed by atoms with Crippen molar-refractivity contribution in [2.24, 2.45) is 0 Å². The molecule has 580 valence electrons. The van der Waals surface area contributed by atoms with E-state index in [1.54, 1.807) is 12.1 Å². The third kappa shape index (κ3) is 11.3. The molecule has 0 amide bonds. The fourth-order valence-corrected chi connectivity index (χ4v) is 27.2. The maximum Gasteiger partial charge on any atom is 0.488 e. The van der Waals surface area contributed by atoms with Gasteiger partial charge in [0.25, 0.3) is 0 Å². The minimum absolute atomic E-state index is 0.477. The van der Waals surface area contributed by atoms with Crippen molar-refractivity contribution in [1.82, 2.24) is 9.13 Å². The van der Waals surface area contributed by atoms with Gasteiger partial charge in [0.1, 0.15) is 0 Å². The smallest absolute Gasteiger partial charge is 0.423 e. The zero-order valence-electron chi connectivity index (χ0n) is 66.1. The average molecular weight is 1670 g/mol. The van der Waals surface area contributed by atoms with Crippen molar-refractivity contribution in [2.75, 3.05) is 9.80 Å².